The van der Waals surface area contributed by atoms with Crippen LogP contribution in [0.5, 0.6) is 0 Å². The summed E-state index contributed by atoms with van der Waals surface area (Å²) in [5.41, 5.74) is 1.89. The van der Waals surface area contributed by atoms with Crippen molar-refractivity contribution in [3.05, 3.63) is 69.9 Å². The predicted molar refractivity (Wildman–Crippen MR) is 109 cm³/mol. The molecule has 1 fully saturated rings. The minimum absolute atomic E-state index is 0.0306. The van der Waals surface area contributed by atoms with Crippen LogP contribution in [0.3, 0.4) is 0 Å². The third-order valence-electron chi connectivity index (χ3n) is 5.24. The van der Waals surface area contributed by atoms with Gasteiger partial charge in [0, 0.05) is 17.7 Å². The van der Waals surface area contributed by atoms with E-state index >= 15 is 0 Å². The molecule has 2 unspecified atom stereocenters. The molecule has 0 saturated carbocycles. The monoisotopic (exact) mass is 377 g/mol. The molecule has 0 radical (unpaired) electrons. The van der Waals surface area contributed by atoms with Crippen LogP contribution < -0.4 is 10.7 Å². The van der Waals surface area contributed by atoms with Crippen LogP contribution in [-0.2, 0) is 4.74 Å². The summed E-state index contributed by atoms with van der Waals surface area (Å²) in [4.78, 5) is 25.7. The van der Waals surface area contributed by atoms with Crippen LogP contribution in [0.1, 0.15) is 35.7 Å². The molecule has 2 heterocycles. The Hall–Kier alpha value is -2.92. The van der Waals surface area contributed by atoms with E-state index in [0.717, 1.165) is 18.4 Å². The summed E-state index contributed by atoms with van der Waals surface area (Å²) < 4.78 is 11.9. The van der Waals surface area contributed by atoms with Crippen molar-refractivity contribution >= 4 is 16.9 Å². The molecule has 144 valence electrons. The first-order chi connectivity index (χ1) is 13.5. The van der Waals surface area contributed by atoms with Gasteiger partial charge in [0.1, 0.15) is 5.76 Å². The van der Waals surface area contributed by atoms with Crippen LogP contribution in [-0.4, -0.2) is 24.7 Å². The molecular weight excluding hydrogens is 354 g/mol. The first-order valence-electron chi connectivity index (χ1n) is 9.60. The number of fused-ring (bicyclic) bond motifs is 1. The zero-order chi connectivity index (χ0) is 19.7. The molecule has 0 spiro atoms. The third-order valence-corrected chi connectivity index (χ3v) is 5.24. The highest BCUT2D eigenvalue weighted by Gasteiger charge is 2.23. The van der Waals surface area contributed by atoms with Crippen molar-refractivity contribution < 1.29 is 13.9 Å². The smallest absolute Gasteiger partial charge is 0.255 e. The summed E-state index contributed by atoms with van der Waals surface area (Å²) >= 11 is 0. The molecular formula is C23H23NO4. The maximum absolute atomic E-state index is 12.9. The van der Waals surface area contributed by atoms with Crippen LogP contribution in [0.15, 0.2) is 57.7 Å². The molecule has 1 aliphatic rings. The van der Waals surface area contributed by atoms with Gasteiger partial charge in [0.15, 0.2) is 11.0 Å². The molecule has 2 aromatic carbocycles. The Kier molecular flexibility index (Phi) is 5.01. The summed E-state index contributed by atoms with van der Waals surface area (Å²) in [6.07, 6.45) is 2.20. The molecule has 0 aliphatic carbocycles. The topological polar surface area (TPSA) is 68.5 Å². The van der Waals surface area contributed by atoms with Gasteiger partial charge in [0.2, 0.25) is 0 Å². The van der Waals surface area contributed by atoms with Crippen molar-refractivity contribution in [2.24, 2.45) is 0 Å². The second-order valence-corrected chi connectivity index (χ2v) is 7.29. The molecule has 1 N–H and O–H groups in total. The zero-order valence-electron chi connectivity index (χ0n) is 16.0. The molecule has 1 amide bonds. The maximum Gasteiger partial charge on any atom is 0.255 e. The van der Waals surface area contributed by atoms with Gasteiger partial charge in [-0.2, -0.15) is 0 Å². The average molecular weight is 377 g/mol. The van der Waals surface area contributed by atoms with E-state index in [4.69, 9.17) is 9.15 Å². The molecule has 5 nitrogen and oxygen atoms in total. The highest BCUT2D eigenvalue weighted by Crippen LogP contribution is 2.27. The van der Waals surface area contributed by atoms with E-state index in [1.54, 1.807) is 25.1 Å². The van der Waals surface area contributed by atoms with Gasteiger partial charge in [-0.05, 0) is 38.8 Å². The second-order valence-electron chi connectivity index (χ2n) is 7.29. The Balaban J connectivity index is 1.72. The molecule has 5 heteroatoms. The molecule has 2 atom stereocenters. The average Bonchev–Trinajstić information content (AvgIpc) is 3.14. The molecule has 4 rings (SSSR count). The summed E-state index contributed by atoms with van der Waals surface area (Å²) in [6.45, 7) is 4.23. The van der Waals surface area contributed by atoms with Crippen LogP contribution in [0.2, 0.25) is 0 Å². The Morgan fingerprint density at radius 2 is 1.89 bits per heavy atom. The first kappa shape index (κ1) is 18.4. The number of nitrogens with one attached hydrogen (secondary N) is 1. The lowest BCUT2D eigenvalue weighted by Gasteiger charge is -2.13. The normalized spacial score (nSPS) is 19.1. The number of rotatable bonds is 4. The molecule has 1 saturated heterocycles. The second kappa shape index (κ2) is 7.60. The first-order valence-corrected chi connectivity index (χ1v) is 9.60. The van der Waals surface area contributed by atoms with Gasteiger partial charge in [-0.15, -0.1) is 0 Å². The number of hydrogen-bond acceptors (Lipinski definition) is 4. The highest BCUT2D eigenvalue weighted by molar-refractivity contribution is 6.05. The largest absolute Gasteiger partial charge is 0.455 e. The van der Waals surface area contributed by atoms with Gasteiger partial charge in [0.25, 0.3) is 5.91 Å². The molecule has 28 heavy (non-hydrogen) atoms. The van der Waals surface area contributed by atoms with E-state index in [9.17, 15) is 9.59 Å². The van der Waals surface area contributed by atoms with Gasteiger partial charge in [0.05, 0.1) is 23.2 Å². The highest BCUT2D eigenvalue weighted by atomic mass is 16.5. The van der Waals surface area contributed by atoms with Crippen molar-refractivity contribution in [2.75, 3.05) is 6.54 Å². The van der Waals surface area contributed by atoms with E-state index < -0.39 is 0 Å². The number of carbonyl (C=O) groups is 1. The third kappa shape index (κ3) is 3.45. The fourth-order valence-corrected chi connectivity index (χ4v) is 3.69. The van der Waals surface area contributed by atoms with Gasteiger partial charge in [-0.1, -0.05) is 36.4 Å². The Morgan fingerprint density at radius 1 is 1.11 bits per heavy atom. The van der Waals surface area contributed by atoms with E-state index in [1.807, 2.05) is 37.3 Å². The number of benzene rings is 2. The molecule has 3 aromatic rings. The minimum atomic E-state index is -0.264. The SMILES string of the molecule is Cc1c(-c2ccccc2)oc2c(C(=O)NCC3CCC(C)O3)cccc2c1=O. The molecule has 1 aliphatic heterocycles. The lowest BCUT2D eigenvalue weighted by atomic mass is 10.0. The van der Waals surface area contributed by atoms with Crippen molar-refractivity contribution in [2.45, 2.75) is 38.9 Å². The van der Waals surface area contributed by atoms with Crippen LogP contribution in [0, 0.1) is 6.92 Å². The Morgan fingerprint density at radius 3 is 2.61 bits per heavy atom. The van der Waals surface area contributed by atoms with Crippen molar-refractivity contribution in [3.8, 4) is 11.3 Å². The Bertz CT molecular complexity index is 1070. The number of para-hydroxylation sites is 1. The van der Waals surface area contributed by atoms with Crippen molar-refractivity contribution in [1.29, 1.82) is 0 Å². The van der Waals surface area contributed by atoms with Gasteiger partial charge >= 0.3 is 0 Å². The summed E-state index contributed by atoms with van der Waals surface area (Å²) in [5.74, 6) is 0.228. The van der Waals surface area contributed by atoms with Gasteiger partial charge in [-0.25, -0.2) is 0 Å². The number of hydrogen-bond donors (Lipinski definition) is 1. The summed E-state index contributed by atoms with van der Waals surface area (Å²) in [7, 11) is 0. The van der Waals surface area contributed by atoms with Crippen LogP contribution in [0.25, 0.3) is 22.3 Å². The number of amides is 1. The molecule has 0 bridgehead atoms. The summed E-state index contributed by atoms with van der Waals surface area (Å²) in [5, 5.41) is 3.33. The number of carbonyl (C=O) groups excluding carboxylic acids is 1. The van der Waals surface area contributed by atoms with E-state index in [1.165, 1.54) is 0 Å². The molecule has 1 aromatic heterocycles. The van der Waals surface area contributed by atoms with E-state index in [0.29, 0.717) is 34.4 Å². The van der Waals surface area contributed by atoms with Crippen LogP contribution in [0.4, 0.5) is 0 Å². The van der Waals surface area contributed by atoms with Gasteiger partial charge < -0.3 is 14.5 Å². The quantitative estimate of drug-likeness (QED) is 0.744. The Labute approximate surface area is 163 Å². The summed E-state index contributed by atoms with van der Waals surface area (Å²) in [6, 6.07) is 14.5. The van der Waals surface area contributed by atoms with E-state index in [2.05, 4.69) is 5.32 Å². The fourth-order valence-electron chi connectivity index (χ4n) is 3.69. The lowest BCUT2D eigenvalue weighted by molar-refractivity contribution is 0.0536. The minimum Gasteiger partial charge on any atom is -0.455 e. The van der Waals surface area contributed by atoms with Crippen molar-refractivity contribution in [1.82, 2.24) is 5.32 Å². The van der Waals surface area contributed by atoms with E-state index in [-0.39, 0.29) is 23.5 Å². The van der Waals surface area contributed by atoms with Gasteiger partial charge in [-0.3, -0.25) is 9.59 Å². The zero-order valence-corrected chi connectivity index (χ0v) is 16.0. The fraction of sp³-hybridized carbons (Fsp3) is 0.304. The maximum atomic E-state index is 12.9. The standard InChI is InChI=1S/C23H23NO4/c1-14-11-12-17(27-14)13-24-23(26)19-10-6-9-18-20(25)15(2)21(28-22(18)19)16-7-4-3-5-8-16/h3-10,14,17H,11-13H2,1-2H3,(H,24,26). The number of ether oxygens (including phenoxy) is 1. The predicted octanol–water partition coefficient (Wildman–Crippen LogP) is 4.07. The lowest BCUT2D eigenvalue weighted by Crippen LogP contribution is -2.32. The van der Waals surface area contributed by atoms with Crippen LogP contribution >= 0.6 is 0 Å². The van der Waals surface area contributed by atoms with Crippen molar-refractivity contribution in [3.63, 3.8) is 0 Å².